The Morgan fingerprint density at radius 2 is 0.450 bits per heavy atom. The Morgan fingerprint density at radius 3 is 0.703 bits per heavy atom. The summed E-state index contributed by atoms with van der Waals surface area (Å²) in [6.45, 7) is 63.5. The minimum absolute atomic E-state index is 0. The highest BCUT2D eigenvalue weighted by atomic mass is 16.2. The van der Waals surface area contributed by atoms with Crippen molar-refractivity contribution in [1.29, 1.82) is 0 Å². The van der Waals surface area contributed by atoms with Gasteiger partial charge in [-0.15, -0.1) is 0 Å². The molecule has 0 spiro atoms. The van der Waals surface area contributed by atoms with Gasteiger partial charge >= 0.3 is 0 Å². The fraction of sp³-hybridized carbons (Fsp3) is 0.914. The Hall–Kier alpha value is -3.36. The number of rotatable bonds is 65. The van der Waals surface area contributed by atoms with E-state index >= 15 is 0 Å². The van der Waals surface area contributed by atoms with E-state index in [4.69, 9.17) is 0 Å². The van der Waals surface area contributed by atoms with Gasteiger partial charge in [-0.25, -0.2) is 0 Å². The fourth-order valence-electron chi connectivity index (χ4n) is 12.7. The Labute approximate surface area is 690 Å². The van der Waals surface area contributed by atoms with Crippen molar-refractivity contribution in [2.75, 3.05) is 39.3 Å². The van der Waals surface area contributed by atoms with Crippen LogP contribution < -0.4 is 53.2 Å². The lowest BCUT2D eigenvalue weighted by Crippen LogP contribution is -2.43. The molecule has 6 atom stereocenters. The van der Waals surface area contributed by atoms with Crippen molar-refractivity contribution in [2.24, 2.45) is 47.3 Å². The number of carbonyl (C=O) groups is 8. The van der Waals surface area contributed by atoms with E-state index in [1.165, 1.54) is 12.8 Å². The summed E-state index contributed by atoms with van der Waals surface area (Å²) in [5.74, 6) is 2.90. The first kappa shape index (κ1) is 123. The molecular formula is C93H196N10O8. The maximum absolute atomic E-state index is 13.3. The van der Waals surface area contributed by atoms with Crippen molar-refractivity contribution in [2.45, 2.75) is 469 Å². The highest BCUT2D eigenvalue weighted by Crippen LogP contribution is 2.23. The zero-order valence-electron chi connectivity index (χ0n) is 75.1. The normalized spacial score (nSPS) is 13.1. The number of hydrogen-bond donors (Lipinski definition) is 10. The van der Waals surface area contributed by atoms with Gasteiger partial charge in [0.15, 0.2) is 11.6 Å². The summed E-state index contributed by atoms with van der Waals surface area (Å²) in [6.07, 6.45) is 24.2. The number of nitrogens with one attached hydrogen (secondary N) is 10. The minimum Gasteiger partial charge on any atom is -0.356 e. The lowest BCUT2D eigenvalue weighted by atomic mass is 9.85. The van der Waals surface area contributed by atoms with Gasteiger partial charge in [0.25, 0.3) is 0 Å². The second kappa shape index (κ2) is 77.9. The molecule has 0 radical (unpaired) electrons. The van der Waals surface area contributed by atoms with Crippen LogP contribution in [0.5, 0.6) is 0 Å². The molecular weight excluding hydrogens is 1390 g/mol. The fourth-order valence-corrected chi connectivity index (χ4v) is 12.7. The standard InChI is InChI=1S/C30H59N3O3.C25H51N3O2.C20H40N2O2.C14H30N2O.4CH4/c1-22(2)15-9-10-18-29(35)32-20-14-12-17-27(33-25(7)8)28(34)21-26(30(36)23(3)4)16-11-13-19-31-24(5)6;1-18(2)25(30)22(13-9-11-15-26-19(3)4)17-24(29)23(28-21(7)8)14-10-12-16-27-20(5)6;1-15(2)11-7-8-13-19(23)21-14-10-9-12-18(22-17(5)6)20(24)16(3)4;1-10(2)14(17)13(16-12(5)6)8-7-9-15-11(3)4;;;;/h22-27,31,33H,9-21H2,1-8H3,(H,32,35);18-23,26-28H,9-17H2,1-8H3;15-18,22H,7-14H2,1-6H3,(H,21,23);10-13,15-16H,7-9H2,1-6H3;4*1H4/t;;;13-;;;;/m...0..../s1. The van der Waals surface area contributed by atoms with Gasteiger partial charge in [-0.3, -0.25) is 38.4 Å². The average molecular weight is 1580 g/mol. The molecule has 0 aromatic heterocycles. The number of carbonyl (C=O) groups excluding carboxylic acids is 8. The number of Topliss-reactive ketones (excluding diaryl/α,β-unsaturated/α-hetero) is 6. The first-order valence-electron chi connectivity index (χ1n) is 43.8. The van der Waals surface area contributed by atoms with Gasteiger partial charge in [-0.1, -0.05) is 269 Å². The Bertz CT molecular complexity index is 2210. The lowest BCUT2D eigenvalue weighted by molar-refractivity contribution is -0.131. The molecule has 0 fully saturated rings. The topological polar surface area (TPSA) is 257 Å². The second-order valence-corrected chi connectivity index (χ2v) is 35.5. The molecule has 0 heterocycles. The molecule has 0 saturated heterocycles. The molecule has 0 aromatic carbocycles. The van der Waals surface area contributed by atoms with Crippen LogP contribution in [0.1, 0.15) is 397 Å². The van der Waals surface area contributed by atoms with Gasteiger partial charge in [-0.2, -0.15) is 0 Å². The highest BCUT2D eigenvalue weighted by Gasteiger charge is 2.30. The van der Waals surface area contributed by atoms with Crippen LogP contribution in [0.3, 0.4) is 0 Å². The molecule has 18 heteroatoms. The summed E-state index contributed by atoms with van der Waals surface area (Å²) in [4.78, 5) is 100. The molecule has 2 amide bonds. The van der Waals surface area contributed by atoms with Crippen molar-refractivity contribution in [1.82, 2.24) is 53.2 Å². The van der Waals surface area contributed by atoms with Crippen LogP contribution in [-0.2, 0) is 38.4 Å². The first-order valence-corrected chi connectivity index (χ1v) is 43.8. The van der Waals surface area contributed by atoms with Gasteiger partial charge in [0.05, 0.1) is 24.2 Å². The van der Waals surface area contributed by atoms with Crippen LogP contribution in [0.4, 0.5) is 0 Å². The molecule has 666 valence electrons. The van der Waals surface area contributed by atoms with Crippen LogP contribution in [0.25, 0.3) is 0 Å². The molecule has 18 nitrogen and oxygen atoms in total. The summed E-state index contributed by atoms with van der Waals surface area (Å²) >= 11 is 0. The predicted molar refractivity (Wildman–Crippen MR) is 484 cm³/mol. The van der Waals surface area contributed by atoms with Gasteiger partial charge < -0.3 is 53.2 Å². The lowest BCUT2D eigenvalue weighted by Gasteiger charge is -2.24. The maximum Gasteiger partial charge on any atom is 0.219 e. The summed E-state index contributed by atoms with van der Waals surface area (Å²) in [5, 5.41) is 33.3. The van der Waals surface area contributed by atoms with Crippen LogP contribution in [-0.4, -0.2) is 158 Å². The molecule has 0 rings (SSSR count). The van der Waals surface area contributed by atoms with E-state index in [1.807, 2.05) is 55.4 Å². The summed E-state index contributed by atoms with van der Waals surface area (Å²) < 4.78 is 0. The molecule has 0 aromatic rings. The molecule has 0 aliphatic carbocycles. The van der Waals surface area contributed by atoms with Crippen molar-refractivity contribution in [3.63, 3.8) is 0 Å². The van der Waals surface area contributed by atoms with E-state index in [2.05, 4.69) is 192 Å². The van der Waals surface area contributed by atoms with Gasteiger partial charge in [0.1, 0.15) is 23.1 Å². The van der Waals surface area contributed by atoms with E-state index in [9.17, 15) is 38.4 Å². The third-order valence-electron chi connectivity index (χ3n) is 18.7. The minimum atomic E-state index is -0.234. The van der Waals surface area contributed by atoms with Gasteiger partial charge in [0.2, 0.25) is 11.8 Å². The number of ketones is 6. The molecule has 0 aliphatic heterocycles. The molecule has 111 heavy (non-hydrogen) atoms. The summed E-state index contributed by atoms with van der Waals surface area (Å²) in [7, 11) is 0. The average Bonchev–Trinajstić information content (AvgIpc) is 0.892. The van der Waals surface area contributed by atoms with Crippen LogP contribution in [0.2, 0.25) is 0 Å². The van der Waals surface area contributed by atoms with Crippen molar-refractivity contribution >= 4 is 46.5 Å². The monoisotopic (exact) mass is 1580 g/mol. The van der Waals surface area contributed by atoms with E-state index in [1.54, 1.807) is 0 Å². The predicted octanol–water partition coefficient (Wildman–Crippen LogP) is 19.3. The molecule has 0 saturated carbocycles. The first-order chi connectivity index (χ1) is 50.0. The van der Waals surface area contributed by atoms with Crippen LogP contribution in [0, 0.1) is 47.3 Å². The quantitative estimate of drug-likeness (QED) is 0.0254. The van der Waals surface area contributed by atoms with Crippen molar-refractivity contribution < 1.29 is 38.4 Å². The zero-order valence-corrected chi connectivity index (χ0v) is 75.1. The molecule has 10 N–H and O–H groups in total. The SMILES string of the molecule is C.C.C.C.CC(C)CCCCC(=O)NCCCCC(NC(C)C)C(=O)C(C)C.CC(C)CCCCC(=O)NCCCCC(NC(C)C)C(=O)CC(CCCCNC(C)C)C(=O)C(C)C.CC(C)NCCCCC(CC(=O)C(CCCCNC(C)C)NC(C)C)C(=O)C(C)C.CC(C)NCCC[C@H](NC(C)C)C(=O)C(C)C. The Morgan fingerprint density at radius 1 is 0.225 bits per heavy atom. The number of unbranched alkanes of at least 4 members (excludes halogenated alkanes) is 7. The molecule has 0 aliphatic rings. The smallest absolute Gasteiger partial charge is 0.219 e. The number of amides is 2. The van der Waals surface area contributed by atoms with E-state index in [0.717, 1.165) is 161 Å². The third kappa shape index (κ3) is 78.9. The summed E-state index contributed by atoms with van der Waals surface area (Å²) in [5.41, 5.74) is 0. The Kier molecular flexibility index (Phi) is 86.5. The maximum atomic E-state index is 13.3. The van der Waals surface area contributed by atoms with E-state index in [-0.39, 0.29) is 142 Å². The van der Waals surface area contributed by atoms with Crippen molar-refractivity contribution in [3.05, 3.63) is 0 Å². The van der Waals surface area contributed by atoms with Crippen LogP contribution in [0.15, 0.2) is 0 Å². The zero-order chi connectivity index (χ0) is 82.6. The van der Waals surface area contributed by atoms with Crippen molar-refractivity contribution in [3.8, 4) is 0 Å². The van der Waals surface area contributed by atoms with E-state index < -0.39 is 0 Å². The van der Waals surface area contributed by atoms with Gasteiger partial charge in [0, 0.05) is 123 Å². The molecule has 0 bridgehead atoms. The third-order valence-corrected chi connectivity index (χ3v) is 18.7. The van der Waals surface area contributed by atoms with Gasteiger partial charge in [-0.05, 0) is 141 Å². The largest absolute Gasteiger partial charge is 0.356 e. The number of hydrogen-bond acceptors (Lipinski definition) is 16. The highest BCUT2D eigenvalue weighted by molar-refractivity contribution is 5.92. The Balaban J connectivity index is -0.000000216. The summed E-state index contributed by atoms with van der Waals surface area (Å²) in [6, 6.07) is 2.67. The second-order valence-electron chi connectivity index (χ2n) is 35.5. The van der Waals surface area contributed by atoms with E-state index in [0.29, 0.717) is 92.6 Å². The molecule has 5 unspecified atom stereocenters. The van der Waals surface area contributed by atoms with Crippen LogP contribution >= 0.6 is 0 Å².